The van der Waals surface area contributed by atoms with Gasteiger partial charge >= 0.3 is 0 Å². The summed E-state index contributed by atoms with van der Waals surface area (Å²) in [6.45, 7) is 7.94. The zero-order chi connectivity index (χ0) is 15.1. The van der Waals surface area contributed by atoms with Gasteiger partial charge in [0.05, 0.1) is 10.6 Å². The van der Waals surface area contributed by atoms with E-state index in [1.165, 1.54) is 24.5 Å². The number of halogens is 3. The van der Waals surface area contributed by atoms with Crippen LogP contribution in [0.25, 0.3) is 0 Å². The van der Waals surface area contributed by atoms with Crippen LogP contribution in [0.15, 0.2) is 29.5 Å². The summed E-state index contributed by atoms with van der Waals surface area (Å²) >= 11 is 6.12. The van der Waals surface area contributed by atoms with Crippen molar-refractivity contribution < 1.29 is 13.6 Å². The predicted octanol–water partition coefficient (Wildman–Crippen LogP) is 4.77. The van der Waals surface area contributed by atoms with Crippen molar-refractivity contribution >= 4 is 11.6 Å². The third kappa shape index (κ3) is 2.42. The van der Waals surface area contributed by atoms with Crippen molar-refractivity contribution in [2.45, 2.75) is 39.3 Å². The Bertz CT molecular complexity index is 522. The van der Waals surface area contributed by atoms with Gasteiger partial charge in [-0.25, -0.2) is 8.78 Å². The van der Waals surface area contributed by atoms with Gasteiger partial charge in [0.2, 0.25) is 0 Å². The van der Waals surface area contributed by atoms with E-state index in [1.54, 1.807) is 5.06 Å². The zero-order valence-electron chi connectivity index (χ0n) is 12.0. The molecule has 110 valence electrons. The average Bonchev–Trinajstić information content (AvgIpc) is 2.72. The first-order valence-corrected chi connectivity index (χ1v) is 6.90. The van der Waals surface area contributed by atoms with Gasteiger partial charge in [-0.1, -0.05) is 31.5 Å². The van der Waals surface area contributed by atoms with Gasteiger partial charge < -0.3 is 4.84 Å². The van der Waals surface area contributed by atoms with E-state index in [1.807, 2.05) is 27.7 Å². The normalized spacial score (nSPS) is 20.2. The molecule has 2 nitrogen and oxygen atoms in total. The second-order valence-corrected chi connectivity index (χ2v) is 6.22. The highest BCUT2D eigenvalue weighted by molar-refractivity contribution is 6.30. The summed E-state index contributed by atoms with van der Waals surface area (Å²) in [7, 11) is 0. The van der Waals surface area contributed by atoms with Crippen LogP contribution in [-0.4, -0.2) is 10.6 Å². The van der Waals surface area contributed by atoms with E-state index >= 15 is 0 Å². The van der Waals surface area contributed by atoms with Crippen LogP contribution in [0, 0.1) is 17.6 Å². The molecule has 0 spiro atoms. The Hall–Kier alpha value is -1.13. The Labute approximate surface area is 122 Å². The van der Waals surface area contributed by atoms with E-state index in [9.17, 15) is 8.78 Å². The monoisotopic (exact) mass is 301 g/mol. The Balaban J connectivity index is 2.49. The number of benzene rings is 1. The quantitative estimate of drug-likeness (QED) is 0.797. The topological polar surface area (TPSA) is 12.5 Å². The number of hydroxylamine groups is 2. The van der Waals surface area contributed by atoms with Crippen molar-refractivity contribution in [1.82, 2.24) is 5.06 Å². The lowest BCUT2D eigenvalue weighted by atomic mass is 9.88. The van der Waals surface area contributed by atoms with Crippen LogP contribution in [0.1, 0.15) is 39.3 Å². The molecule has 20 heavy (non-hydrogen) atoms. The fourth-order valence-electron chi connectivity index (χ4n) is 2.09. The van der Waals surface area contributed by atoms with Crippen molar-refractivity contribution in [2.24, 2.45) is 5.92 Å². The molecule has 0 N–H and O–H groups in total. The zero-order valence-corrected chi connectivity index (χ0v) is 12.7. The molecular formula is C15H18ClF2NO. The van der Waals surface area contributed by atoms with Crippen LogP contribution >= 0.6 is 11.6 Å². The van der Waals surface area contributed by atoms with Crippen LogP contribution < -0.4 is 0 Å². The third-order valence-electron chi connectivity index (χ3n) is 4.03. The summed E-state index contributed by atoms with van der Waals surface area (Å²) < 4.78 is 28.1. The molecule has 0 bridgehead atoms. The summed E-state index contributed by atoms with van der Waals surface area (Å²) in [5, 5.41) is 1.82. The highest BCUT2D eigenvalue weighted by Crippen LogP contribution is 2.44. The van der Waals surface area contributed by atoms with Crippen LogP contribution in [-0.2, 0) is 4.84 Å². The second kappa shape index (κ2) is 5.34. The molecule has 5 heteroatoms. The molecule has 0 aromatic heterocycles. The Morgan fingerprint density at radius 3 is 2.30 bits per heavy atom. The molecule has 0 aliphatic carbocycles. The number of hydrogen-bond acceptors (Lipinski definition) is 2. The van der Waals surface area contributed by atoms with Gasteiger partial charge in [-0.3, -0.25) is 0 Å². The molecule has 0 radical (unpaired) electrons. The number of nitrogens with zero attached hydrogens (tertiary/aromatic N) is 1. The Kier molecular flexibility index (Phi) is 4.07. The van der Waals surface area contributed by atoms with Crippen LogP contribution in [0.3, 0.4) is 0 Å². The molecule has 1 aromatic carbocycles. The van der Waals surface area contributed by atoms with Crippen LogP contribution in [0.5, 0.6) is 0 Å². The second-order valence-electron chi connectivity index (χ2n) is 5.78. The van der Waals surface area contributed by atoms with Gasteiger partial charge in [-0.05, 0) is 31.9 Å². The molecule has 1 aliphatic rings. The summed E-state index contributed by atoms with van der Waals surface area (Å²) in [6.07, 6.45) is 1.34. The van der Waals surface area contributed by atoms with E-state index in [4.69, 9.17) is 16.4 Å². The van der Waals surface area contributed by atoms with Crippen molar-refractivity contribution in [2.75, 3.05) is 0 Å². The van der Waals surface area contributed by atoms with Crippen LogP contribution in [0.4, 0.5) is 8.78 Å². The minimum atomic E-state index is -0.768. The fraction of sp³-hybridized carbons (Fsp3) is 0.467. The van der Waals surface area contributed by atoms with Gasteiger partial charge in [-0.2, -0.15) is 0 Å². The van der Waals surface area contributed by atoms with E-state index in [0.717, 1.165) is 0 Å². The molecule has 0 saturated carbocycles. The first-order chi connectivity index (χ1) is 9.26. The van der Waals surface area contributed by atoms with E-state index < -0.39 is 23.2 Å². The molecule has 1 unspecified atom stereocenters. The summed E-state index contributed by atoms with van der Waals surface area (Å²) in [4.78, 5) is 5.47. The summed E-state index contributed by atoms with van der Waals surface area (Å²) in [5.41, 5.74) is -0.521. The van der Waals surface area contributed by atoms with Gasteiger partial charge in [0.1, 0.15) is 23.9 Å². The minimum absolute atomic E-state index is 0.0834. The van der Waals surface area contributed by atoms with Crippen LogP contribution in [0.2, 0.25) is 0 Å². The van der Waals surface area contributed by atoms with E-state index in [2.05, 4.69) is 0 Å². The fourth-order valence-corrected chi connectivity index (χ4v) is 2.33. The molecular weight excluding hydrogens is 284 g/mol. The Morgan fingerprint density at radius 1 is 1.25 bits per heavy atom. The first kappa shape index (κ1) is 15.3. The highest BCUT2D eigenvalue weighted by atomic mass is 35.5. The van der Waals surface area contributed by atoms with E-state index in [0.29, 0.717) is 0 Å². The first-order valence-electron chi connectivity index (χ1n) is 6.52. The van der Waals surface area contributed by atoms with Crippen molar-refractivity contribution in [3.63, 3.8) is 0 Å². The number of hydrogen-bond donors (Lipinski definition) is 0. The average molecular weight is 302 g/mol. The minimum Gasteiger partial charge on any atom is -0.411 e. The molecule has 1 atom stereocenters. The summed E-state index contributed by atoms with van der Waals surface area (Å²) in [5.74, 6) is -1.05. The molecule has 0 amide bonds. The molecule has 0 saturated heterocycles. The molecule has 1 aliphatic heterocycles. The maximum absolute atomic E-state index is 14.0. The standard InChI is InChI=1S/C15H18ClF2NO/c1-9(2)15(3,4)19-14(10(16)8-20-19)13-11(17)6-5-7-12(13)18/h5-9,14H,1-4H3. The van der Waals surface area contributed by atoms with E-state index in [-0.39, 0.29) is 16.5 Å². The van der Waals surface area contributed by atoms with Gasteiger partial charge in [-0.15, -0.1) is 5.06 Å². The predicted molar refractivity (Wildman–Crippen MR) is 74.9 cm³/mol. The maximum Gasteiger partial charge on any atom is 0.131 e. The highest BCUT2D eigenvalue weighted by Gasteiger charge is 2.44. The van der Waals surface area contributed by atoms with Gasteiger partial charge in [0.25, 0.3) is 0 Å². The molecule has 1 aromatic rings. The van der Waals surface area contributed by atoms with Crippen molar-refractivity contribution in [3.8, 4) is 0 Å². The maximum atomic E-state index is 14.0. The molecule has 0 fully saturated rings. The summed E-state index contributed by atoms with van der Waals surface area (Å²) in [6, 6.07) is 3.01. The lowest BCUT2D eigenvalue weighted by Gasteiger charge is -2.40. The smallest absolute Gasteiger partial charge is 0.131 e. The van der Waals surface area contributed by atoms with Gasteiger partial charge in [0.15, 0.2) is 0 Å². The third-order valence-corrected chi connectivity index (χ3v) is 4.32. The van der Waals surface area contributed by atoms with Crippen molar-refractivity contribution in [3.05, 3.63) is 46.7 Å². The molecule has 1 heterocycles. The lowest BCUT2D eigenvalue weighted by Crippen LogP contribution is -2.47. The van der Waals surface area contributed by atoms with Gasteiger partial charge in [0, 0.05) is 5.56 Å². The molecule has 2 rings (SSSR count). The van der Waals surface area contributed by atoms with Crippen molar-refractivity contribution in [1.29, 1.82) is 0 Å². The largest absolute Gasteiger partial charge is 0.411 e. The SMILES string of the molecule is CC(C)C(C)(C)N1OC=C(Cl)C1c1c(F)cccc1F. The Morgan fingerprint density at radius 2 is 1.80 bits per heavy atom. The number of rotatable bonds is 3. The lowest BCUT2D eigenvalue weighted by molar-refractivity contribution is -0.188.